The lowest BCUT2D eigenvalue weighted by Gasteiger charge is -2.28. The first-order chi connectivity index (χ1) is 12.2. The predicted octanol–water partition coefficient (Wildman–Crippen LogP) is 4.57. The zero-order valence-electron chi connectivity index (χ0n) is 14.2. The van der Waals surface area contributed by atoms with E-state index in [9.17, 15) is 5.11 Å². The summed E-state index contributed by atoms with van der Waals surface area (Å²) < 4.78 is 11.2. The molecule has 2 heterocycles. The topological polar surface area (TPSA) is 58.5 Å². The Morgan fingerprint density at radius 3 is 2.36 bits per heavy atom. The van der Waals surface area contributed by atoms with Crippen LogP contribution in [0.25, 0.3) is 21.9 Å². The Kier molecular flexibility index (Phi) is 4.07. The summed E-state index contributed by atoms with van der Waals surface area (Å²) in [6, 6.07) is 15.9. The van der Waals surface area contributed by atoms with Gasteiger partial charge in [-0.05, 0) is 44.0 Å². The molecule has 1 atom stereocenters. The highest BCUT2D eigenvalue weighted by atomic mass is 16.3. The summed E-state index contributed by atoms with van der Waals surface area (Å²) in [7, 11) is 1.77. The van der Waals surface area contributed by atoms with Crippen molar-refractivity contribution in [3.63, 3.8) is 0 Å². The van der Waals surface area contributed by atoms with Crippen LogP contribution in [0.15, 0.2) is 69.9 Å². The van der Waals surface area contributed by atoms with Gasteiger partial charge >= 0.3 is 0 Å². The Hall–Kier alpha value is -2.56. The molecule has 2 N–H and O–H groups in total. The van der Waals surface area contributed by atoms with Crippen LogP contribution in [0.4, 0.5) is 0 Å². The average Bonchev–Trinajstić information content (AvgIpc) is 3.30. The van der Waals surface area contributed by atoms with Crippen LogP contribution in [-0.4, -0.2) is 12.2 Å². The predicted molar refractivity (Wildman–Crippen MR) is 98.3 cm³/mol. The first-order valence-corrected chi connectivity index (χ1v) is 8.54. The van der Waals surface area contributed by atoms with Gasteiger partial charge < -0.3 is 13.9 Å². The molecule has 4 nitrogen and oxygen atoms in total. The van der Waals surface area contributed by atoms with E-state index in [1.807, 2.05) is 42.5 Å². The standard InChI is InChI=1S/C21H21NO3/c1-22-21(23,18-9-3-7-17-11-14-25-20(17)18)12-4-8-15-5-2-6-16-10-13-24-19(15)16/h2-3,5-7,9-11,13-14,22-23H,4,8,12H2,1H3. The van der Waals surface area contributed by atoms with Gasteiger partial charge in [-0.2, -0.15) is 0 Å². The molecule has 1 unspecified atom stereocenters. The molecule has 0 bridgehead atoms. The summed E-state index contributed by atoms with van der Waals surface area (Å²) in [4.78, 5) is 0. The van der Waals surface area contributed by atoms with Crippen molar-refractivity contribution in [2.45, 2.75) is 25.0 Å². The number of fused-ring (bicyclic) bond motifs is 2. The van der Waals surface area contributed by atoms with Crippen LogP contribution in [0, 0.1) is 0 Å². The molecule has 0 amide bonds. The van der Waals surface area contributed by atoms with Crippen molar-refractivity contribution in [1.29, 1.82) is 0 Å². The van der Waals surface area contributed by atoms with E-state index >= 15 is 0 Å². The molecule has 2 aromatic carbocycles. The molecule has 0 saturated carbocycles. The van der Waals surface area contributed by atoms with E-state index in [4.69, 9.17) is 8.83 Å². The van der Waals surface area contributed by atoms with Crippen molar-refractivity contribution in [2.75, 3.05) is 7.05 Å². The Balaban J connectivity index is 1.56. The van der Waals surface area contributed by atoms with Crippen LogP contribution in [0.1, 0.15) is 24.0 Å². The highest BCUT2D eigenvalue weighted by molar-refractivity contribution is 5.81. The molecule has 0 spiro atoms. The van der Waals surface area contributed by atoms with Gasteiger partial charge in [-0.15, -0.1) is 0 Å². The van der Waals surface area contributed by atoms with E-state index in [2.05, 4.69) is 11.4 Å². The molecule has 0 saturated heterocycles. The number of hydrogen-bond acceptors (Lipinski definition) is 4. The molecular weight excluding hydrogens is 314 g/mol. The van der Waals surface area contributed by atoms with E-state index < -0.39 is 5.72 Å². The monoisotopic (exact) mass is 335 g/mol. The van der Waals surface area contributed by atoms with Gasteiger partial charge in [0.1, 0.15) is 16.9 Å². The minimum absolute atomic E-state index is 0.570. The van der Waals surface area contributed by atoms with Crippen LogP contribution in [-0.2, 0) is 12.1 Å². The number of para-hydroxylation sites is 2. The van der Waals surface area contributed by atoms with Gasteiger partial charge in [0.05, 0.1) is 12.5 Å². The quantitative estimate of drug-likeness (QED) is 0.507. The fourth-order valence-corrected chi connectivity index (χ4v) is 3.50. The van der Waals surface area contributed by atoms with Crippen molar-refractivity contribution < 1.29 is 13.9 Å². The van der Waals surface area contributed by atoms with Crippen LogP contribution < -0.4 is 5.32 Å². The minimum Gasteiger partial charge on any atom is -0.464 e. The zero-order chi connectivity index (χ0) is 17.3. The third kappa shape index (κ3) is 2.84. The lowest BCUT2D eigenvalue weighted by molar-refractivity contribution is -0.00179. The molecule has 4 heteroatoms. The first kappa shape index (κ1) is 15.9. The number of rotatable bonds is 6. The zero-order valence-corrected chi connectivity index (χ0v) is 14.2. The molecule has 0 radical (unpaired) electrons. The lowest BCUT2D eigenvalue weighted by Crippen LogP contribution is -2.40. The number of aliphatic hydroxyl groups is 1. The Bertz CT molecular complexity index is 1000. The summed E-state index contributed by atoms with van der Waals surface area (Å²) in [5.74, 6) is 0. The third-order valence-electron chi connectivity index (χ3n) is 4.88. The van der Waals surface area contributed by atoms with Crippen LogP contribution in [0.3, 0.4) is 0 Å². The van der Waals surface area contributed by atoms with E-state index in [0.29, 0.717) is 6.42 Å². The Morgan fingerprint density at radius 1 is 0.920 bits per heavy atom. The fraction of sp³-hybridized carbons (Fsp3) is 0.238. The minimum atomic E-state index is -1.13. The van der Waals surface area contributed by atoms with Crippen LogP contribution >= 0.6 is 0 Å². The van der Waals surface area contributed by atoms with Gasteiger partial charge in [-0.3, -0.25) is 5.32 Å². The Labute approximate surface area is 146 Å². The SMILES string of the molecule is CNC(O)(CCCc1cccc2ccoc12)c1cccc2ccoc12. The number of benzene rings is 2. The summed E-state index contributed by atoms with van der Waals surface area (Å²) in [5.41, 5.74) is 2.47. The summed E-state index contributed by atoms with van der Waals surface area (Å²) in [5, 5.41) is 16.3. The molecule has 0 aliphatic heterocycles. The molecular formula is C21H21NO3. The van der Waals surface area contributed by atoms with Gasteiger partial charge in [0.2, 0.25) is 0 Å². The van der Waals surface area contributed by atoms with Crippen molar-refractivity contribution in [3.8, 4) is 0 Å². The number of aryl methyl sites for hydroxylation is 1. The maximum absolute atomic E-state index is 11.2. The lowest BCUT2D eigenvalue weighted by atomic mass is 9.94. The molecule has 0 aliphatic carbocycles. The van der Waals surface area contributed by atoms with Crippen molar-refractivity contribution in [1.82, 2.24) is 5.32 Å². The molecule has 2 aromatic heterocycles. The van der Waals surface area contributed by atoms with Crippen LogP contribution in [0.5, 0.6) is 0 Å². The van der Waals surface area contributed by atoms with Gasteiger partial charge in [0, 0.05) is 16.3 Å². The van der Waals surface area contributed by atoms with Crippen molar-refractivity contribution in [2.24, 2.45) is 0 Å². The van der Waals surface area contributed by atoms with Gasteiger partial charge in [0.25, 0.3) is 0 Å². The molecule has 0 fully saturated rings. The summed E-state index contributed by atoms with van der Waals surface area (Å²) >= 11 is 0. The molecule has 4 aromatic rings. The molecule has 25 heavy (non-hydrogen) atoms. The maximum Gasteiger partial charge on any atom is 0.145 e. The van der Waals surface area contributed by atoms with E-state index in [1.54, 1.807) is 19.6 Å². The highest BCUT2D eigenvalue weighted by Crippen LogP contribution is 2.32. The van der Waals surface area contributed by atoms with E-state index in [0.717, 1.165) is 45.9 Å². The Morgan fingerprint density at radius 2 is 1.60 bits per heavy atom. The highest BCUT2D eigenvalue weighted by Gasteiger charge is 2.29. The first-order valence-electron chi connectivity index (χ1n) is 8.54. The van der Waals surface area contributed by atoms with Gasteiger partial charge in [-0.25, -0.2) is 0 Å². The average molecular weight is 335 g/mol. The molecule has 0 aliphatic rings. The maximum atomic E-state index is 11.2. The fourth-order valence-electron chi connectivity index (χ4n) is 3.50. The van der Waals surface area contributed by atoms with E-state index in [1.165, 1.54) is 0 Å². The smallest absolute Gasteiger partial charge is 0.145 e. The summed E-state index contributed by atoms with van der Waals surface area (Å²) in [6.07, 6.45) is 5.59. The van der Waals surface area contributed by atoms with Crippen molar-refractivity contribution >= 4 is 21.9 Å². The summed E-state index contributed by atoms with van der Waals surface area (Å²) in [6.45, 7) is 0. The van der Waals surface area contributed by atoms with Crippen LogP contribution in [0.2, 0.25) is 0 Å². The number of nitrogens with one attached hydrogen (secondary N) is 1. The van der Waals surface area contributed by atoms with Gasteiger partial charge in [-0.1, -0.05) is 36.4 Å². The van der Waals surface area contributed by atoms with Crippen molar-refractivity contribution in [3.05, 3.63) is 72.2 Å². The largest absolute Gasteiger partial charge is 0.464 e. The second-order valence-electron chi connectivity index (χ2n) is 6.36. The number of hydrogen-bond donors (Lipinski definition) is 2. The third-order valence-corrected chi connectivity index (χ3v) is 4.88. The number of furan rings is 2. The second kappa shape index (κ2) is 6.39. The molecule has 4 rings (SSSR count). The van der Waals surface area contributed by atoms with E-state index in [-0.39, 0.29) is 0 Å². The van der Waals surface area contributed by atoms with Gasteiger partial charge in [0.15, 0.2) is 0 Å². The molecule has 128 valence electrons. The second-order valence-corrected chi connectivity index (χ2v) is 6.36. The normalized spacial score (nSPS) is 14.2.